The lowest BCUT2D eigenvalue weighted by Gasteiger charge is -1.99. The van der Waals surface area contributed by atoms with Crippen LogP contribution in [0.1, 0.15) is 31.9 Å². The maximum atomic E-state index is 10.7. The van der Waals surface area contributed by atoms with E-state index in [1.807, 2.05) is 0 Å². The normalized spacial score (nSPS) is 9.60. The van der Waals surface area contributed by atoms with Crippen LogP contribution in [0.5, 0.6) is 0 Å². The molecule has 0 spiro atoms. The van der Waals surface area contributed by atoms with Crippen LogP contribution in [-0.4, -0.2) is 32.7 Å². The first-order valence-electron chi connectivity index (χ1n) is 3.57. The van der Waals surface area contributed by atoms with Crippen molar-refractivity contribution in [3.63, 3.8) is 0 Å². The molecular weight excluding hydrogens is 204 g/mol. The Morgan fingerprint density at radius 3 is 1.00 bits per heavy atom. The number of nitrogens with two attached hydrogens (primary N) is 3. The minimum Gasteiger partial charge on any atom is -0.363 e. The quantitative estimate of drug-likeness (QED) is 0.485. The number of primary amides is 3. The molecule has 1 heterocycles. The van der Waals surface area contributed by atoms with Crippen molar-refractivity contribution < 1.29 is 14.4 Å². The fourth-order valence-corrected chi connectivity index (χ4v) is 0.707. The smallest absolute Gasteiger partial charge is 0.286 e. The molecule has 9 heteroatoms. The van der Waals surface area contributed by atoms with Crippen LogP contribution in [0.15, 0.2) is 0 Å². The van der Waals surface area contributed by atoms with Gasteiger partial charge in [-0.3, -0.25) is 14.4 Å². The van der Waals surface area contributed by atoms with Gasteiger partial charge in [0.25, 0.3) is 17.7 Å². The average molecular weight is 210 g/mol. The topological polar surface area (TPSA) is 168 Å². The Kier molecular flexibility index (Phi) is 2.56. The van der Waals surface area contributed by atoms with E-state index in [9.17, 15) is 14.4 Å². The zero-order valence-corrected chi connectivity index (χ0v) is 7.30. The second-order valence-electron chi connectivity index (χ2n) is 2.40. The monoisotopic (exact) mass is 210 g/mol. The van der Waals surface area contributed by atoms with Crippen molar-refractivity contribution in [3.8, 4) is 0 Å². The van der Waals surface area contributed by atoms with Gasteiger partial charge in [0.05, 0.1) is 0 Å². The number of aromatic nitrogens is 3. The maximum absolute atomic E-state index is 10.7. The minimum absolute atomic E-state index is 0.549. The molecule has 1 aromatic rings. The third-order valence-corrected chi connectivity index (χ3v) is 1.30. The molecule has 0 unspecified atom stereocenters. The summed E-state index contributed by atoms with van der Waals surface area (Å²) in [5.74, 6) is -4.72. The molecule has 0 bridgehead atoms. The summed E-state index contributed by atoms with van der Waals surface area (Å²) in [6.07, 6.45) is 0. The van der Waals surface area contributed by atoms with Gasteiger partial charge in [0.2, 0.25) is 17.5 Å². The minimum atomic E-state index is -1.03. The lowest BCUT2D eigenvalue weighted by atomic mass is 10.4. The Labute approximate surface area is 82.7 Å². The van der Waals surface area contributed by atoms with Crippen molar-refractivity contribution in [1.29, 1.82) is 0 Å². The highest BCUT2D eigenvalue weighted by atomic mass is 16.2. The molecular formula is C6H6N6O3. The van der Waals surface area contributed by atoms with Crippen molar-refractivity contribution in [2.24, 2.45) is 17.2 Å². The summed E-state index contributed by atoms with van der Waals surface area (Å²) in [5, 5.41) is 0. The Morgan fingerprint density at radius 1 is 0.667 bits per heavy atom. The Balaban J connectivity index is 3.39. The molecule has 0 atom stereocenters. The fraction of sp³-hybridized carbons (Fsp3) is 0. The molecule has 0 aliphatic rings. The van der Waals surface area contributed by atoms with E-state index in [2.05, 4.69) is 15.0 Å². The Hall–Kier alpha value is -2.58. The van der Waals surface area contributed by atoms with E-state index in [1.165, 1.54) is 0 Å². The van der Waals surface area contributed by atoms with Gasteiger partial charge in [-0.1, -0.05) is 0 Å². The molecule has 0 aromatic carbocycles. The predicted octanol–water partition coefficient (Wildman–Crippen LogP) is -2.83. The first kappa shape index (κ1) is 10.5. The molecule has 0 saturated heterocycles. The zero-order valence-electron chi connectivity index (χ0n) is 7.30. The molecule has 0 aliphatic carbocycles. The zero-order chi connectivity index (χ0) is 11.6. The van der Waals surface area contributed by atoms with Crippen LogP contribution in [0.2, 0.25) is 0 Å². The summed E-state index contributed by atoms with van der Waals surface area (Å²) in [6, 6.07) is 0. The molecule has 1 rings (SSSR count). The van der Waals surface area contributed by atoms with Crippen LogP contribution in [0.4, 0.5) is 0 Å². The molecule has 3 amide bonds. The van der Waals surface area contributed by atoms with Crippen LogP contribution < -0.4 is 17.2 Å². The number of nitrogens with zero attached hydrogens (tertiary/aromatic N) is 3. The number of carbonyl (C=O) groups excluding carboxylic acids is 3. The SMILES string of the molecule is NC(=O)c1nc(C(N)=O)nc(C(N)=O)n1. The van der Waals surface area contributed by atoms with Crippen molar-refractivity contribution in [2.75, 3.05) is 0 Å². The highest BCUT2D eigenvalue weighted by molar-refractivity contribution is 5.95. The van der Waals surface area contributed by atoms with E-state index >= 15 is 0 Å². The first-order valence-corrected chi connectivity index (χ1v) is 3.57. The van der Waals surface area contributed by atoms with E-state index in [0.29, 0.717) is 0 Å². The van der Waals surface area contributed by atoms with Gasteiger partial charge in [-0.2, -0.15) is 15.0 Å². The van der Waals surface area contributed by atoms with Crippen LogP contribution in [0.25, 0.3) is 0 Å². The van der Waals surface area contributed by atoms with Crippen LogP contribution in [0.3, 0.4) is 0 Å². The van der Waals surface area contributed by atoms with Gasteiger partial charge >= 0.3 is 0 Å². The van der Waals surface area contributed by atoms with Crippen LogP contribution in [-0.2, 0) is 0 Å². The van der Waals surface area contributed by atoms with E-state index in [1.54, 1.807) is 0 Å². The van der Waals surface area contributed by atoms with Gasteiger partial charge in [-0.25, -0.2) is 0 Å². The molecule has 15 heavy (non-hydrogen) atoms. The molecule has 0 saturated carbocycles. The summed E-state index contributed by atoms with van der Waals surface area (Å²) in [4.78, 5) is 42.2. The number of hydrogen-bond donors (Lipinski definition) is 3. The highest BCUT2D eigenvalue weighted by Crippen LogP contribution is 1.95. The number of amides is 3. The van der Waals surface area contributed by atoms with Crippen molar-refractivity contribution in [2.45, 2.75) is 0 Å². The Morgan fingerprint density at radius 2 is 0.867 bits per heavy atom. The molecule has 1 aromatic heterocycles. The van der Waals surface area contributed by atoms with Gasteiger partial charge in [-0.15, -0.1) is 0 Å². The molecule has 0 aliphatic heterocycles. The molecule has 6 N–H and O–H groups in total. The summed E-state index contributed by atoms with van der Waals surface area (Å²) in [6.45, 7) is 0. The third kappa shape index (κ3) is 2.21. The lowest BCUT2D eigenvalue weighted by Crippen LogP contribution is -2.26. The van der Waals surface area contributed by atoms with Crippen molar-refractivity contribution in [3.05, 3.63) is 17.5 Å². The largest absolute Gasteiger partial charge is 0.363 e. The molecule has 9 nitrogen and oxygen atoms in total. The standard InChI is InChI=1S/C6H6N6O3/c7-1(13)4-10-5(2(8)14)12-6(11-4)3(9)15/h(H2,7,13)(H2,8,14)(H2,9,15). The van der Waals surface area contributed by atoms with E-state index < -0.39 is 35.2 Å². The lowest BCUT2D eigenvalue weighted by molar-refractivity contribution is 0.0978. The van der Waals surface area contributed by atoms with Crippen molar-refractivity contribution in [1.82, 2.24) is 15.0 Å². The summed E-state index contributed by atoms with van der Waals surface area (Å²) in [5.41, 5.74) is 14.6. The molecule has 78 valence electrons. The van der Waals surface area contributed by atoms with Crippen LogP contribution in [0, 0.1) is 0 Å². The number of carbonyl (C=O) groups is 3. The number of rotatable bonds is 3. The van der Waals surface area contributed by atoms with Gasteiger partial charge in [0, 0.05) is 0 Å². The average Bonchev–Trinajstić information content (AvgIpc) is 2.16. The van der Waals surface area contributed by atoms with E-state index in [-0.39, 0.29) is 0 Å². The van der Waals surface area contributed by atoms with E-state index in [4.69, 9.17) is 17.2 Å². The Bertz CT molecular complexity index is 377. The van der Waals surface area contributed by atoms with Gasteiger partial charge in [-0.05, 0) is 0 Å². The second-order valence-corrected chi connectivity index (χ2v) is 2.40. The highest BCUT2D eigenvalue weighted by Gasteiger charge is 2.16. The number of hydrogen-bond acceptors (Lipinski definition) is 6. The predicted molar refractivity (Wildman–Crippen MR) is 45.4 cm³/mol. The third-order valence-electron chi connectivity index (χ3n) is 1.30. The fourth-order valence-electron chi connectivity index (χ4n) is 0.707. The first-order chi connectivity index (χ1) is 6.91. The molecule has 0 fully saturated rings. The molecule has 0 radical (unpaired) electrons. The maximum Gasteiger partial charge on any atom is 0.286 e. The second kappa shape index (κ2) is 3.65. The van der Waals surface area contributed by atoms with Crippen LogP contribution >= 0.6 is 0 Å². The van der Waals surface area contributed by atoms with Crippen molar-refractivity contribution >= 4 is 17.7 Å². The summed E-state index contributed by atoms with van der Waals surface area (Å²) >= 11 is 0. The summed E-state index contributed by atoms with van der Waals surface area (Å²) in [7, 11) is 0. The van der Waals surface area contributed by atoms with Gasteiger partial charge in [0.15, 0.2) is 0 Å². The summed E-state index contributed by atoms with van der Waals surface area (Å²) < 4.78 is 0. The van der Waals surface area contributed by atoms with Gasteiger partial charge < -0.3 is 17.2 Å². The van der Waals surface area contributed by atoms with Gasteiger partial charge in [0.1, 0.15) is 0 Å². The van der Waals surface area contributed by atoms with E-state index in [0.717, 1.165) is 0 Å².